The average molecular weight is 288 g/mol. The molecule has 2 aromatic rings. The number of nitrogen functional groups attached to an aromatic ring is 2. The van der Waals surface area contributed by atoms with Crippen molar-refractivity contribution < 1.29 is 0 Å². The van der Waals surface area contributed by atoms with E-state index in [0.29, 0.717) is 25.2 Å². The molecule has 0 atom stereocenters. The molecule has 0 amide bonds. The second kappa shape index (κ2) is 6.30. The molecule has 0 radical (unpaired) electrons. The van der Waals surface area contributed by atoms with Gasteiger partial charge in [-0.05, 0) is 30.5 Å². The third-order valence-corrected chi connectivity index (χ3v) is 3.36. The molecule has 112 valence electrons. The van der Waals surface area contributed by atoms with E-state index in [0.717, 1.165) is 12.0 Å². The van der Waals surface area contributed by atoms with Crippen molar-refractivity contribution >= 4 is 11.5 Å². The van der Waals surface area contributed by atoms with Gasteiger partial charge in [0.15, 0.2) is 0 Å². The van der Waals surface area contributed by atoms with E-state index in [1.54, 1.807) is 12.1 Å². The number of hydrogen-bond acceptors (Lipinski definition) is 4. The summed E-state index contributed by atoms with van der Waals surface area (Å²) < 4.78 is 2.66. The Hall–Kier alpha value is -2.50. The van der Waals surface area contributed by atoms with Gasteiger partial charge >= 0.3 is 5.69 Å². The van der Waals surface area contributed by atoms with Crippen LogP contribution >= 0.6 is 0 Å². The molecule has 0 spiro atoms. The third-order valence-electron chi connectivity index (χ3n) is 3.36. The predicted octanol–water partition coefficient (Wildman–Crippen LogP) is 0.827. The summed E-state index contributed by atoms with van der Waals surface area (Å²) in [5.41, 5.74) is 12.4. The Bertz CT molecular complexity index is 729. The van der Waals surface area contributed by atoms with Gasteiger partial charge in [0.2, 0.25) is 0 Å². The van der Waals surface area contributed by atoms with Crippen LogP contribution in [-0.2, 0) is 19.5 Å². The molecule has 1 heterocycles. The number of aryl methyl sites for hydroxylation is 1. The second-order valence-corrected chi connectivity index (χ2v) is 4.98. The first-order valence-electron chi connectivity index (χ1n) is 6.97. The molecule has 0 aliphatic carbocycles. The highest BCUT2D eigenvalue weighted by atomic mass is 16.2. The zero-order chi connectivity index (χ0) is 15.4. The smallest absolute Gasteiger partial charge is 0.332 e. The Balaban J connectivity index is 2.27. The lowest BCUT2D eigenvalue weighted by Gasteiger charge is -2.12. The monoisotopic (exact) mass is 288 g/mol. The second-order valence-electron chi connectivity index (χ2n) is 4.98. The Kier molecular flexibility index (Phi) is 4.47. The first-order chi connectivity index (χ1) is 10.0. The highest BCUT2D eigenvalue weighted by Gasteiger charge is 2.08. The summed E-state index contributed by atoms with van der Waals surface area (Å²) in [4.78, 5) is 24.2. The van der Waals surface area contributed by atoms with Crippen molar-refractivity contribution in [3.63, 3.8) is 0 Å². The molecule has 4 N–H and O–H groups in total. The van der Waals surface area contributed by atoms with E-state index in [-0.39, 0.29) is 17.1 Å². The number of nitrogens with two attached hydrogens (primary N) is 2. The summed E-state index contributed by atoms with van der Waals surface area (Å²) in [6, 6.07) is 8.69. The van der Waals surface area contributed by atoms with Crippen LogP contribution < -0.4 is 22.7 Å². The van der Waals surface area contributed by atoms with Crippen molar-refractivity contribution in [2.24, 2.45) is 0 Å². The van der Waals surface area contributed by atoms with Crippen molar-refractivity contribution in [2.45, 2.75) is 32.9 Å². The number of rotatable bonds is 5. The minimum atomic E-state index is -0.361. The predicted molar refractivity (Wildman–Crippen MR) is 84.2 cm³/mol. The zero-order valence-corrected chi connectivity index (χ0v) is 12.1. The molecule has 2 rings (SSSR count). The highest BCUT2D eigenvalue weighted by molar-refractivity contribution is 5.39. The third kappa shape index (κ3) is 3.34. The molecular formula is C15H20N4O2. The molecular weight excluding hydrogens is 268 g/mol. The maximum atomic E-state index is 12.3. The topological polar surface area (TPSA) is 96.0 Å². The summed E-state index contributed by atoms with van der Waals surface area (Å²) in [7, 11) is 0. The Morgan fingerprint density at radius 2 is 1.67 bits per heavy atom. The van der Waals surface area contributed by atoms with Crippen LogP contribution in [0, 0.1) is 0 Å². The lowest BCUT2D eigenvalue weighted by Crippen LogP contribution is -2.40. The van der Waals surface area contributed by atoms with Gasteiger partial charge < -0.3 is 11.5 Å². The summed E-state index contributed by atoms with van der Waals surface area (Å²) in [5, 5.41) is 0. The van der Waals surface area contributed by atoms with Gasteiger partial charge in [-0.25, -0.2) is 4.79 Å². The highest BCUT2D eigenvalue weighted by Crippen LogP contribution is 2.06. The van der Waals surface area contributed by atoms with Crippen LogP contribution in [0.2, 0.25) is 0 Å². The molecule has 0 fully saturated rings. The molecule has 0 aliphatic rings. The standard InChI is InChI=1S/C15H20N4O2/c1-2-8-18-13(17)10-14(20)19(15(18)21)9-7-11-3-5-12(16)6-4-11/h3-6,10H,2,7-9,16-17H2,1H3. The van der Waals surface area contributed by atoms with Crippen LogP contribution in [-0.4, -0.2) is 9.13 Å². The van der Waals surface area contributed by atoms with Gasteiger partial charge in [0.1, 0.15) is 5.82 Å². The van der Waals surface area contributed by atoms with Gasteiger partial charge in [-0.15, -0.1) is 0 Å². The normalized spacial score (nSPS) is 10.7. The van der Waals surface area contributed by atoms with E-state index in [1.807, 2.05) is 19.1 Å². The summed E-state index contributed by atoms with van der Waals surface area (Å²) in [6.07, 6.45) is 1.37. The quantitative estimate of drug-likeness (QED) is 0.796. The first-order valence-corrected chi connectivity index (χ1v) is 6.97. The van der Waals surface area contributed by atoms with E-state index >= 15 is 0 Å². The molecule has 0 saturated heterocycles. The van der Waals surface area contributed by atoms with Crippen molar-refractivity contribution in [1.82, 2.24) is 9.13 Å². The zero-order valence-electron chi connectivity index (χ0n) is 12.1. The van der Waals surface area contributed by atoms with Crippen molar-refractivity contribution in [2.75, 3.05) is 11.5 Å². The van der Waals surface area contributed by atoms with Crippen LogP contribution in [0.1, 0.15) is 18.9 Å². The summed E-state index contributed by atoms with van der Waals surface area (Å²) in [6.45, 7) is 2.79. The lowest BCUT2D eigenvalue weighted by molar-refractivity contribution is 0.552. The van der Waals surface area contributed by atoms with Gasteiger partial charge in [0.05, 0.1) is 0 Å². The van der Waals surface area contributed by atoms with E-state index in [1.165, 1.54) is 15.2 Å². The molecule has 0 bridgehead atoms. The van der Waals surface area contributed by atoms with E-state index < -0.39 is 0 Å². The van der Waals surface area contributed by atoms with Crippen molar-refractivity contribution in [3.8, 4) is 0 Å². The Morgan fingerprint density at radius 3 is 2.29 bits per heavy atom. The molecule has 0 saturated carbocycles. The molecule has 1 aromatic heterocycles. The minimum absolute atomic E-state index is 0.218. The van der Waals surface area contributed by atoms with Crippen LogP contribution in [0.15, 0.2) is 39.9 Å². The van der Waals surface area contributed by atoms with Gasteiger partial charge in [-0.1, -0.05) is 19.1 Å². The summed E-state index contributed by atoms with van der Waals surface area (Å²) in [5.74, 6) is 0.218. The van der Waals surface area contributed by atoms with Crippen molar-refractivity contribution in [3.05, 3.63) is 56.7 Å². The fourth-order valence-corrected chi connectivity index (χ4v) is 2.21. The molecule has 0 aliphatic heterocycles. The van der Waals surface area contributed by atoms with Gasteiger partial charge in [0.25, 0.3) is 5.56 Å². The van der Waals surface area contributed by atoms with Crippen molar-refractivity contribution in [1.29, 1.82) is 0 Å². The molecule has 21 heavy (non-hydrogen) atoms. The molecule has 6 heteroatoms. The molecule has 6 nitrogen and oxygen atoms in total. The molecule has 1 aromatic carbocycles. The molecule has 0 unspecified atom stereocenters. The van der Waals surface area contributed by atoms with E-state index in [4.69, 9.17) is 11.5 Å². The van der Waals surface area contributed by atoms with Crippen LogP contribution in [0.25, 0.3) is 0 Å². The van der Waals surface area contributed by atoms with Gasteiger partial charge in [-0.3, -0.25) is 13.9 Å². The largest absolute Gasteiger partial charge is 0.399 e. The summed E-state index contributed by atoms with van der Waals surface area (Å²) >= 11 is 0. The minimum Gasteiger partial charge on any atom is -0.399 e. The van der Waals surface area contributed by atoms with E-state index in [9.17, 15) is 9.59 Å². The van der Waals surface area contributed by atoms with Crippen LogP contribution in [0.3, 0.4) is 0 Å². The maximum absolute atomic E-state index is 12.3. The number of anilines is 2. The fourth-order valence-electron chi connectivity index (χ4n) is 2.21. The van der Waals surface area contributed by atoms with E-state index in [2.05, 4.69) is 0 Å². The van der Waals surface area contributed by atoms with Gasteiger partial charge in [0, 0.05) is 24.8 Å². The number of nitrogens with zero attached hydrogens (tertiary/aromatic N) is 2. The van der Waals surface area contributed by atoms with Gasteiger partial charge in [-0.2, -0.15) is 0 Å². The fraction of sp³-hybridized carbons (Fsp3) is 0.333. The van der Waals surface area contributed by atoms with Crippen LogP contribution in [0.5, 0.6) is 0 Å². The SMILES string of the molecule is CCCn1c(N)cc(=O)n(CCc2ccc(N)cc2)c1=O. The number of benzene rings is 1. The number of aromatic nitrogens is 2. The lowest BCUT2D eigenvalue weighted by atomic mass is 10.1. The Labute approximate surface area is 122 Å². The van der Waals surface area contributed by atoms with Crippen LogP contribution in [0.4, 0.5) is 11.5 Å². The maximum Gasteiger partial charge on any atom is 0.332 e. The number of hydrogen-bond donors (Lipinski definition) is 2. The first kappa shape index (κ1) is 14.9. The average Bonchev–Trinajstić information content (AvgIpc) is 2.45. The Morgan fingerprint density at radius 1 is 1.00 bits per heavy atom.